The van der Waals surface area contributed by atoms with E-state index in [1.165, 1.54) is 12.1 Å². The van der Waals surface area contributed by atoms with E-state index in [4.69, 9.17) is 4.98 Å². The zero-order valence-electron chi connectivity index (χ0n) is 18.8. The smallest absolute Gasteiger partial charge is 0.165 e. The van der Waals surface area contributed by atoms with Crippen molar-refractivity contribution in [3.8, 4) is 28.4 Å². The first-order chi connectivity index (χ1) is 15.4. The van der Waals surface area contributed by atoms with Gasteiger partial charge < -0.3 is 10.1 Å². The number of H-pyrrole nitrogens is 2. The number of aryl methyl sites for hydroxylation is 1. The molecule has 0 saturated heterocycles. The monoisotopic (exact) mass is 433 g/mol. The number of nitrogens with one attached hydrogen (secondary N) is 2. The third kappa shape index (κ3) is 3.37. The molecule has 0 saturated carbocycles. The lowest BCUT2D eigenvalue weighted by atomic mass is 9.96. The molecular weight excluding hydrogens is 405 g/mol. The number of hydrogen-bond acceptors (Lipinski definition) is 4. The van der Waals surface area contributed by atoms with Gasteiger partial charge in [-0.05, 0) is 68.1 Å². The fourth-order valence-electron chi connectivity index (χ4n) is 4.82. The highest BCUT2D eigenvalue weighted by molar-refractivity contribution is 5.94. The fourth-order valence-corrected chi connectivity index (χ4v) is 4.82. The number of rotatable bonds is 4. The Morgan fingerprint density at radius 3 is 2.81 bits per heavy atom. The van der Waals surface area contributed by atoms with Gasteiger partial charge in [-0.2, -0.15) is 5.10 Å². The molecule has 0 amide bonds. The summed E-state index contributed by atoms with van der Waals surface area (Å²) in [5, 5.41) is 18.4. The van der Waals surface area contributed by atoms with E-state index in [1.807, 2.05) is 25.1 Å². The van der Waals surface area contributed by atoms with Gasteiger partial charge in [0.05, 0.1) is 16.9 Å². The van der Waals surface area contributed by atoms with Crippen LogP contribution >= 0.6 is 0 Å². The molecule has 1 atom stereocenters. The van der Waals surface area contributed by atoms with E-state index in [-0.39, 0.29) is 5.75 Å². The molecule has 1 aliphatic heterocycles. The standard InChI is InChI=1S/C25H28FN5O/c1-5-15-10-23(32)19(26)11-18(15)16-6-7-17-20(9-16)29-30-24(17)25-27-21-8-14(4)31(13(2)3)12-22(21)28-25/h6-7,9-11,13-14,32H,5,8,12H2,1-4H3,(H,27,28)(H,29,30)/t14-/m1/s1. The van der Waals surface area contributed by atoms with E-state index in [2.05, 4.69) is 40.9 Å². The SMILES string of the molecule is CCc1cc(O)c(F)cc1-c1ccc2c(-c3nc4c([nH]3)CN(C(C)C)[C@H](C)C4)n[nH]c2c1. The molecule has 32 heavy (non-hydrogen) atoms. The van der Waals surface area contributed by atoms with Gasteiger partial charge in [0.15, 0.2) is 17.4 Å². The molecule has 6 nitrogen and oxygen atoms in total. The highest BCUT2D eigenvalue weighted by Gasteiger charge is 2.28. The molecule has 3 heterocycles. The second-order valence-electron chi connectivity index (χ2n) is 8.98. The van der Waals surface area contributed by atoms with E-state index < -0.39 is 5.82 Å². The molecule has 166 valence electrons. The summed E-state index contributed by atoms with van der Waals surface area (Å²) in [6.45, 7) is 9.55. The van der Waals surface area contributed by atoms with Gasteiger partial charge in [0.2, 0.25) is 0 Å². The van der Waals surface area contributed by atoms with Crippen LogP contribution in [0.25, 0.3) is 33.5 Å². The summed E-state index contributed by atoms with van der Waals surface area (Å²) in [6, 6.07) is 9.78. The van der Waals surface area contributed by atoms with Crippen LogP contribution in [0.3, 0.4) is 0 Å². The maximum absolute atomic E-state index is 14.1. The Labute approximate surface area is 186 Å². The van der Waals surface area contributed by atoms with E-state index in [9.17, 15) is 9.50 Å². The lowest BCUT2D eigenvalue weighted by Gasteiger charge is -2.35. The summed E-state index contributed by atoms with van der Waals surface area (Å²) in [7, 11) is 0. The van der Waals surface area contributed by atoms with Gasteiger partial charge in [-0.1, -0.05) is 13.0 Å². The van der Waals surface area contributed by atoms with Crippen molar-refractivity contribution in [2.45, 2.75) is 59.2 Å². The van der Waals surface area contributed by atoms with E-state index in [0.717, 1.165) is 63.5 Å². The van der Waals surface area contributed by atoms with Crippen molar-refractivity contribution in [3.05, 3.63) is 53.1 Å². The molecule has 3 N–H and O–H groups in total. The Bertz CT molecular complexity index is 1310. The van der Waals surface area contributed by atoms with Gasteiger partial charge in [-0.25, -0.2) is 9.37 Å². The Morgan fingerprint density at radius 1 is 1.25 bits per heavy atom. The van der Waals surface area contributed by atoms with Gasteiger partial charge >= 0.3 is 0 Å². The Kier molecular flexibility index (Phi) is 5.01. The number of phenols is 1. The second-order valence-corrected chi connectivity index (χ2v) is 8.98. The molecule has 5 rings (SSSR count). The van der Waals surface area contributed by atoms with Crippen LogP contribution in [0.5, 0.6) is 5.75 Å². The van der Waals surface area contributed by atoms with Gasteiger partial charge in [0.1, 0.15) is 5.69 Å². The number of phenolic OH excluding ortho intramolecular Hbond substituents is 1. The normalized spacial score (nSPS) is 16.8. The molecule has 0 bridgehead atoms. The molecule has 0 radical (unpaired) electrons. The molecular formula is C25H28FN5O. The first-order valence-corrected chi connectivity index (χ1v) is 11.2. The molecule has 1 aliphatic rings. The quantitative estimate of drug-likeness (QED) is 0.414. The molecule has 0 unspecified atom stereocenters. The van der Waals surface area contributed by atoms with Crippen molar-refractivity contribution in [3.63, 3.8) is 0 Å². The van der Waals surface area contributed by atoms with Crippen LogP contribution in [0.2, 0.25) is 0 Å². The average Bonchev–Trinajstić information content (AvgIpc) is 3.37. The zero-order valence-corrected chi connectivity index (χ0v) is 18.8. The minimum Gasteiger partial charge on any atom is -0.505 e. The summed E-state index contributed by atoms with van der Waals surface area (Å²) in [4.78, 5) is 10.8. The third-order valence-electron chi connectivity index (χ3n) is 6.58. The Balaban J connectivity index is 1.53. The molecule has 0 aliphatic carbocycles. The van der Waals surface area contributed by atoms with Crippen LogP contribution in [0.1, 0.15) is 44.6 Å². The van der Waals surface area contributed by atoms with Crippen LogP contribution < -0.4 is 0 Å². The summed E-state index contributed by atoms with van der Waals surface area (Å²) in [5.74, 6) is -0.159. The third-order valence-corrected chi connectivity index (χ3v) is 6.58. The predicted molar refractivity (Wildman–Crippen MR) is 124 cm³/mol. The Hall–Kier alpha value is -3.19. The number of benzene rings is 2. The molecule has 4 aromatic rings. The van der Waals surface area contributed by atoms with Crippen molar-refractivity contribution in [2.24, 2.45) is 0 Å². The number of nitrogens with zero attached hydrogens (tertiary/aromatic N) is 3. The fraction of sp³-hybridized carbons (Fsp3) is 0.360. The summed E-state index contributed by atoms with van der Waals surface area (Å²) < 4.78 is 14.1. The summed E-state index contributed by atoms with van der Waals surface area (Å²) in [5.41, 5.74) is 6.47. The van der Waals surface area contributed by atoms with E-state index in [1.54, 1.807) is 0 Å². The molecule has 2 aromatic heterocycles. The van der Waals surface area contributed by atoms with Crippen molar-refractivity contribution in [1.29, 1.82) is 0 Å². The number of halogens is 1. The minimum atomic E-state index is -0.617. The highest BCUT2D eigenvalue weighted by Crippen LogP contribution is 2.34. The van der Waals surface area contributed by atoms with Crippen LogP contribution in [-0.2, 0) is 19.4 Å². The van der Waals surface area contributed by atoms with Crippen molar-refractivity contribution >= 4 is 10.9 Å². The lowest BCUT2D eigenvalue weighted by molar-refractivity contribution is 0.139. The maximum atomic E-state index is 14.1. The number of aromatic nitrogens is 4. The van der Waals surface area contributed by atoms with E-state index >= 15 is 0 Å². The summed E-state index contributed by atoms with van der Waals surface area (Å²) >= 11 is 0. The van der Waals surface area contributed by atoms with Gasteiger partial charge in [-0.3, -0.25) is 10.00 Å². The van der Waals surface area contributed by atoms with Crippen molar-refractivity contribution in [2.75, 3.05) is 0 Å². The number of imidazole rings is 1. The minimum absolute atomic E-state index is 0.317. The molecule has 0 spiro atoms. The van der Waals surface area contributed by atoms with Crippen molar-refractivity contribution in [1.82, 2.24) is 25.1 Å². The first-order valence-electron chi connectivity index (χ1n) is 11.2. The average molecular weight is 434 g/mol. The molecule has 7 heteroatoms. The largest absolute Gasteiger partial charge is 0.505 e. The predicted octanol–water partition coefficient (Wildman–Crippen LogP) is 5.18. The number of aromatic hydroxyl groups is 1. The lowest BCUT2D eigenvalue weighted by Crippen LogP contribution is -2.42. The van der Waals surface area contributed by atoms with Crippen LogP contribution in [-0.4, -0.2) is 42.3 Å². The van der Waals surface area contributed by atoms with Gasteiger partial charge in [0, 0.05) is 30.4 Å². The van der Waals surface area contributed by atoms with Crippen LogP contribution in [0.4, 0.5) is 4.39 Å². The van der Waals surface area contributed by atoms with Crippen molar-refractivity contribution < 1.29 is 9.50 Å². The Morgan fingerprint density at radius 2 is 2.06 bits per heavy atom. The van der Waals surface area contributed by atoms with Gasteiger partial charge in [0.25, 0.3) is 0 Å². The van der Waals surface area contributed by atoms with Crippen LogP contribution in [0.15, 0.2) is 30.3 Å². The topological polar surface area (TPSA) is 80.8 Å². The van der Waals surface area contributed by atoms with Gasteiger partial charge in [-0.15, -0.1) is 0 Å². The molecule has 2 aromatic carbocycles. The number of fused-ring (bicyclic) bond motifs is 2. The first kappa shape index (κ1) is 20.7. The zero-order chi connectivity index (χ0) is 22.6. The maximum Gasteiger partial charge on any atom is 0.165 e. The second kappa shape index (κ2) is 7.74. The summed E-state index contributed by atoms with van der Waals surface area (Å²) in [6.07, 6.45) is 1.61. The molecule has 0 fully saturated rings. The highest BCUT2D eigenvalue weighted by atomic mass is 19.1. The van der Waals surface area contributed by atoms with Crippen LogP contribution in [0, 0.1) is 5.82 Å². The van der Waals surface area contributed by atoms with E-state index in [0.29, 0.717) is 18.5 Å². The number of hydrogen-bond donors (Lipinski definition) is 3. The number of aromatic amines is 2.